The van der Waals surface area contributed by atoms with Gasteiger partial charge >= 0.3 is 87.5 Å². The number of nitrogens with zero attached hydrogens (tertiary/aromatic N) is 4. The molecule has 2 aromatic heterocycles. The van der Waals surface area contributed by atoms with Crippen LogP contribution in [0.3, 0.4) is 0 Å². The fourth-order valence-electron chi connectivity index (χ4n) is 1.35. The number of hydrogen-bond acceptors (Lipinski definition) is 3. The average molecular weight is 196 g/mol. The molecule has 2 heterocycles. The number of hydrogen-bond donors (Lipinski definition) is 0. The van der Waals surface area contributed by atoms with Crippen LogP contribution >= 0.6 is 0 Å². The van der Waals surface area contributed by atoms with Crippen LogP contribution in [0.1, 0.15) is 11.4 Å². The molecule has 15 heavy (non-hydrogen) atoms. The van der Waals surface area contributed by atoms with Crippen molar-refractivity contribution in [2.45, 2.75) is 0 Å². The van der Waals surface area contributed by atoms with Crippen molar-refractivity contribution in [1.82, 2.24) is 20.2 Å². The van der Waals surface area contributed by atoms with Crippen LogP contribution in [-0.4, -0.2) is 27.1 Å². The predicted molar refractivity (Wildman–Crippen MR) is 60.7 cm³/mol. The molecule has 72 valence electrons. The Morgan fingerprint density at radius 1 is 1.33 bits per heavy atom. The van der Waals surface area contributed by atoms with Gasteiger partial charge in [-0.25, -0.2) is 0 Å². The van der Waals surface area contributed by atoms with E-state index in [-0.39, 0.29) is 0 Å². The molecule has 2 aromatic rings. The topological polar surface area (TPSA) is 43.6 Å². The molecule has 0 unspecified atom stereocenters. The van der Waals surface area contributed by atoms with Crippen LogP contribution in [0, 0.1) is 0 Å². The molecule has 0 aromatic carbocycles. The maximum absolute atomic E-state index is 3.90. The van der Waals surface area contributed by atoms with Gasteiger partial charge in [-0.1, -0.05) is 0 Å². The molecule has 0 amide bonds. The van der Waals surface area contributed by atoms with Gasteiger partial charge in [0.1, 0.15) is 0 Å². The second-order valence-corrected chi connectivity index (χ2v) is 2.92. The molecule has 0 aliphatic rings. The van der Waals surface area contributed by atoms with E-state index in [1.807, 2.05) is 25.0 Å². The zero-order valence-corrected chi connectivity index (χ0v) is 8.17. The van der Waals surface area contributed by atoms with Crippen molar-refractivity contribution < 1.29 is 0 Å². The second kappa shape index (κ2) is 4.00. The second-order valence-electron chi connectivity index (χ2n) is 2.92. The molecule has 0 spiro atoms. The normalized spacial score (nSPS) is 9.60. The van der Waals surface area contributed by atoms with E-state index in [1.54, 1.807) is 16.8 Å². The molecule has 0 aliphatic heterocycles. The van der Waals surface area contributed by atoms with Gasteiger partial charge in [0.05, 0.1) is 0 Å². The Morgan fingerprint density at radius 2 is 2.20 bits per heavy atom. The van der Waals surface area contributed by atoms with E-state index in [9.17, 15) is 0 Å². The summed E-state index contributed by atoms with van der Waals surface area (Å²) in [6, 6.07) is 3.90. The molecule has 0 saturated carbocycles. The number of rotatable bonds is 3. The fourth-order valence-corrected chi connectivity index (χ4v) is 1.35. The van der Waals surface area contributed by atoms with Gasteiger partial charge in [0, 0.05) is 0 Å². The maximum atomic E-state index is 3.90. The third-order valence-corrected chi connectivity index (χ3v) is 2.06. The number of aromatic nitrogens is 4. The molecule has 2 rings (SSSR count). The summed E-state index contributed by atoms with van der Waals surface area (Å²) in [5.41, 5.74) is 1.88. The zero-order valence-electron chi connectivity index (χ0n) is 8.17. The van der Waals surface area contributed by atoms with Crippen LogP contribution in [0.2, 0.25) is 0 Å². The van der Waals surface area contributed by atoms with E-state index in [1.165, 1.54) is 0 Å². The minimum absolute atomic E-state index is 0.615. The molecule has 0 fully saturated rings. The summed E-state index contributed by atoms with van der Waals surface area (Å²) in [5, 5.41) is 11.3. The third kappa shape index (κ3) is 1.63. The first kappa shape index (κ1) is 9.52. The van der Waals surface area contributed by atoms with E-state index in [4.69, 9.17) is 0 Å². The van der Waals surface area contributed by atoms with E-state index in [2.05, 4.69) is 28.7 Å². The average Bonchev–Trinajstić information content (AvgIpc) is 2.76. The molecular weight excluding hydrogens is 187 g/mol. The first-order valence-electron chi connectivity index (χ1n) is 4.49. The summed E-state index contributed by atoms with van der Waals surface area (Å²) in [5.74, 6) is 2.54. The quantitative estimate of drug-likeness (QED) is 0.742. The van der Waals surface area contributed by atoms with Crippen LogP contribution in [-0.2, 0) is 0 Å². The fraction of sp³-hybridized carbons (Fsp3) is 0. The monoisotopic (exact) mass is 196 g/mol. The van der Waals surface area contributed by atoms with Gasteiger partial charge in [0.25, 0.3) is 0 Å². The molecule has 0 aliphatic carbocycles. The molecule has 0 atom stereocenters. The van der Waals surface area contributed by atoms with Crippen LogP contribution in [0.25, 0.3) is 17.7 Å². The Hall–Kier alpha value is -2.04. The summed E-state index contributed by atoms with van der Waals surface area (Å²) in [6.07, 6.45) is 3.38. The van der Waals surface area contributed by atoms with Crippen molar-refractivity contribution in [3.05, 3.63) is 42.6 Å². The molecule has 0 saturated heterocycles. The first-order valence-corrected chi connectivity index (χ1v) is 4.49. The molecule has 0 N–H and O–H groups in total. The van der Waals surface area contributed by atoms with Crippen LogP contribution in [0.15, 0.2) is 31.3 Å². The summed E-state index contributed by atoms with van der Waals surface area (Å²) in [6.45, 7) is 9.34. The van der Waals surface area contributed by atoms with Gasteiger partial charge in [0.2, 0.25) is 0 Å². The molecule has 0 bridgehead atoms. The van der Waals surface area contributed by atoms with Gasteiger partial charge in [-0.2, -0.15) is 0 Å². The Labute approximate surface area is 88.2 Å². The van der Waals surface area contributed by atoms with Crippen molar-refractivity contribution in [1.29, 1.82) is 0 Å². The van der Waals surface area contributed by atoms with E-state index in [0.717, 1.165) is 11.1 Å². The Bertz CT molecular complexity index is 504. The molecule has 4 nitrogen and oxygen atoms in total. The van der Waals surface area contributed by atoms with Crippen LogP contribution in [0.5, 0.6) is 0 Å². The first-order chi connectivity index (χ1) is 7.36. The van der Waals surface area contributed by atoms with Gasteiger partial charge in [-0.15, -0.1) is 0 Å². The zero-order chi connectivity index (χ0) is 10.7. The number of tetrazole rings is 1. The van der Waals surface area contributed by atoms with E-state index in [0.29, 0.717) is 5.82 Å². The molecular formula is C10H9BN4. The van der Waals surface area contributed by atoms with Gasteiger partial charge in [-0.3, -0.25) is 0 Å². The van der Waals surface area contributed by atoms with Gasteiger partial charge < -0.3 is 0 Å². The third-order valence-electron chi connectivity index (χ3n) is 2.06. The summed E-state index contributed by atoms with van der Waals surface area (Å²) in [7, 11) is 0. The van der Waals surface area contributed by atoms with E-state index >= 15 is 0 Å². The van der Waals surface area contributed by atoms with Crippen molar-refractivity contribution in [2.24, 2.45) is 0 Å². The van der Waals surface area contributed by atoms with Crippen LogP contribution < -0.4 is 0 Å². The SMILES string of the molecule is C=Cc1cccbc1-n1nnnc1C=C. The van der Waals surface area contributed by atoms with Gasteiger partial charge in [-0.05, 0) is 0 Å². The van der Waals surface area contributed by atoms with Crippen molar-refractivity contribution in [3.63, 3.8) is 0 Å². The van der Waals surface area contributed by atoms with Crippen LogP contribution in [0.4, 0.5) is 0 Å². The predicted octanol–water partition coefficient (Wildman–Crippen LogP) is 1.29. The van der Waals surface area contributed by atoms with E-state index < -0.39 is 0 Å². The Morgan fingerprint density at radius 3 is 2.93 bits per heavy atom. The molecule has 5 heteroatoms. The standard InChI is InChI=1S/C10H9BN4/c1-3-8-6-5-7-11-10(8)15-9(4-2)12-13-14-15/h3-7H,1-2H2. The Kier molecular flexibility index (Phi) is 2.54. The van der Waals surface area contributed by atoms with Crippen molar-refractivity contribution in [2.75, 3.05) is 0 Å². The van der Waals surface area contributed by atoms with Crippen molar-refractivity contribution in [3.8, 4) is 5.58 Å². The Balaban J connectivity index is 2.63. The minimum atomic E-state index is 0.615. The van der Waals surface area contributed by atoms with Gasteiger partial charge in [0.15, 0.2) is 0 Å². The summed E-state index contributed by atoms with van der Waals surface area (Å²) < 4.78 is 1.63. The molecule has 0 radical (unpaired) electrons. The summed E-state index contributed by atoms with van der Waals surface area (Å²) >= 11 is 0. The summed E-state index contributed by atoms with van der Waals surface area (Å²) in [4.78, 5) is 0. The van der Waals surface area contributed by atoms with Crippen molar-refractivity contribution >= 4 is 19.1 Å².